The van der Waals surface area contributed by atoms with Crippen molar-refractivity contribution in [2.24, 2.45) is 11.5 Å². The fourth-order valence-electron chi connectivity index (χ4n) is 1.01. The Morgan fingerprint density at radius 2 is 1.85 bits per heavy atom. The van der Waals surface area contributed by atoms with Gasteiger partial charge in [-0.25, -0.2) is 0 Å². The van der Waals surface area contributed by atoms with Crippen molar-refractivity contribution < 1.29 is 4.79 Å². The highest BCUT2D eigenvalue weighted by Gasteiger charge is 2.09. The summed E-state index contributed by atoms with van der Waals surface area (Å²) in [4.78, 5) is 10.6. The van der Waals surface area contributed by atoms with E-state index in [0.29, 0.717) is 12.1 Å². The number of primary amides is 1. The lowest BCUT2D eigenvalue weighted by Crippen LogP contribution is -2.38. The molecule has 0 spiro atoms. The zero-order valence-corrected chi connectivity index (χ0v) is 7.23. The van der Waals surface area contributed by atoms with E-state index in [1.807, 2.05) is 12.1 Å². The van der Waals surface area contributed by atoms with E-state index >= 15 is 0 Å². The van der Waals surface area contributed by atoms with Crippen molar-refractivity contribution in [3.8, 4) is 0 Å². The Morgan fingerprint density at radius 3 is 2.31 bits per heavy atom. The van der Waals surface area contributed by atoms with Crippen LogP contribution in [0.5, 0.6) is 0 Å². The minimum Gasteiger partial charge on any atom is -0.399 e. The SMILES string of the molecule is NC(=O)[C@@H](N)Cc1ccc(N)cc1. The zero-order chi connectivity index (χ0) is 9.84. The summed E-state index contributed by atoms with van der Waals surface area (Å²) in [7, 11) is 0. The van der Waals surface area contributed by atoms with E-state index in [1.165, 1.54) is 0 Å². The van der Waals surface area contributed by atoms with Crippen molar-refractivity contribution in [1.29, 1.82) is 0 Å². The molecule has 1 aromatic rings. The van der Waals surface area contributed by atoms with Crippen LogP contribution in [0.25, 0.3) is 0 Å². The molecule has 1 aromatic carbocycles. The van der Waals surface area contributed by atoms with Gasteiger partial charge in [-0.2, -0.15) is 0 Å². The van der Waals surface area contributed by atoms with E-state index in [1.54, 1.807) is 12.1 Å². The Balaban J connectivity index is 2.64. The first kappa shape index (κ1) is 9.54. The lowest BCUT2D eigenvalue weighted by Gasteiger charge is -2.06. The zero-order valence-electron chi connectivity index (χ0n) is 7.23. The normalized spacial score (nSPS) is 12.4. The molecule has 0 aliphatic carbocycles. The smallest absolute Gasteiger partial charge is 0.234 e. The molecule has 0 saturated heterocycles. The van der Waals surface area contributed by atoms with Gasteiger partial charge in [0.25, 0.3) is 0 Å². The molecule has 0 aromatic heterocycles. The molecule has 13 heavy (non-hydrogen) atoms. The average molecular weight is 179 g/mol. The molecule has 0 radical (unpaired) electrons. The van der Waals surface area contributed by atoms with Gasteiger partial charge in [-0.05, 0) is 24.1 Å². The number of nitrogen functional groups attached to an aromatic ring is 1. The maximum absolute atomic E-state index is 10.6. The molecule has 4 heteroatoms. The molecular formula is C9H13N3O. The molecule has 0 bridgehead atoms. The molecule has 0 heterocycles. The van der Waals surface area contributed by atoms with Gasteiger partial charge < -0.3 is 17.2 Å². The van der Waals surface area contributed by atoms with Crippen LogP contribution in [0.1, 0.15) is 5.56 Å². The molecule has 0 unspecified atom stereocenters. The van der Waals surface area contributed by atoms with Crippen molar-refractivity contribution in [3.63, 3.8) is 0 Å². The summed E-state index contributed by atoms with van der Waals surface area (Å²) in [5, 5.41) is 0. The number of amides is 1. The predicted molar refractivity (Wildman–Crippen MR) is 51.7 cm³/mol. The van der Waals surface area contributed by atoms with Crippen molar-refractivity contribution in [2.75, 3.05) is 5.73 Å². The fraction of sp³-hybridized carbons (Fsp3) is 0.222. The standard InChI is InChI=1S/C9H13N3O/c10-7-3-1-6(2-4-7)5-8(11)9(12)13/h1-4,8H,5,10-11H2,(H2,12,13)/t8-/m0/s1. The first-order chi connectivity index (χ1) is 6.09. The van der Waals surface area contributed by atoms with Crippen LogP contribution < -0.4 is 17.2 Å². The summed E-state index contributed by atoms with van der Waals surface area (Å²) in [6.45, 7) is 0. The molecule has 1 rings (SSSR count). The number of nitrogens with two attached hydrogens (primary N) is 3. The monoisotopic (exact) mass is 179 g/mol. The van der Waals surface area contributed by atoms with Gasteiger partial charge in [0.05, 0.1) is 6.04 Å². The van der Waals surface area contributed by atoms with Crippen molar-refractivity contribution >= 4 is 11.6 Å². The lowest BCUT2D eigenvalue weighted by atomic mass is 10.1. The number of anilines is 1. The van der Waals surface area contributed by atoms with Crippen LogP contribution in [0.15, 0.2) is 24.3 Å². The predicted octanol–water partition coefficient (Wildman–Crippen LogP) is -0.376. The lowest BCUT2D eigenvalue weighted by molar-refractivity contribution is -0.119. The Kier molecular flexibility index (Phi) is 2.87. The van der Waals surface area contributed by atoms with Crippen molar-refractivity contribution in [1.82, 2.24) is 0 Å². The third kappa shape index (κ3) is 2.76. The maximum Gasteiger partial charge on any atom is 0.234 e. The van der Waals surface area contributed by atoms with Crippen LogP contribution in [0, 0.1) is 0 Å². The van der Waals surface area contributed by atoms with E-state index in [0.717, 1.165) is 5.56 Å². The molecule has 0 saturated carbocycles. The topological polar surface area (TPSA) is 95.1 Å². The second-order valence-electron chi connectivity index (χ2n) is 2.95. The van der Waals surface area contributed by atoms with E-state index in [4.69, 9.17) is 17.2 Å². The van der Waals surface area contributed by atoms with Crippen LogP contribution in [0.2, 0.25) is 0 Å². The molecule has 0 aliphatic rings. The summed E-state index contributed by atoms with van der Waals surface area (Å²) in [5.74, 6) is -0.489. The second-order valence-corrected chi connectivity index (χ2v) is 2.95. The number of carbonyl (C=O) groups is 1. The molecule has 6 N–H and O–H groups in total. The molecule has 70 valence electrons. The third-order valence-electron chi connectivity index (χ3n) is 1.80. The third-order valence-corrected chi connectivity index (χ3v) is 1.80. The number of hydrogen-bond acceptors (Lipinski definition) is 3. The van der Waals surface area contributed by atoms with Gasteiger partial charge in [-0.3, -0.25) is 4.79 Å². The van der Waals surface area contributed by atoms with E-state index in [-0.39, 0.29) is 0 Å². The van der Waals surface area contributed by atoms with Gasteiger partial charge in [0, 0.05) is 5.69 Å². The van der Waals surface area contributed by atoms with Gasteiger partial charge in [-0.1, -0.05) is 12.1 Å². The van der Waals surface area contributed by atoms with Gasteiger partial charge in [-0.15, -0.1) is 0 Å². The highest BCUT2D eigenvalue weighted by molar-refractivity contribution is 5.79. The van der Waals surface area contributed by atoms with Crippen molar-refractivity contribution in [3.05, 3.63) is 29.8 Å². The summed E-state index contributed by atoms with van der Waals surface area (Å²) >= 11 is 0. The Labute approximate surface area is 76.7 Å². The average Bonchev–Trinajstić information content (AvgIpc) is 2.08. The first-order valence-corrected chi connectivity index (χ1v) is 3.99. The molecular weight excluding hydrogens is 166 g/mol. The molecule has 1 atom stereocenters. The minimum atomic E-state index is -0.622. The van der Waals surface area contributed by atoms with Gasteiger partial charge >= 0.3 is 0 Å². The van der Waals surface area contributed by atoms with Crippen LogP contribution in [-0.4, -0.2) is 11.9 Å². The van der Waals surface area contributed by atoms with Crippen LogP contribution >= 0.6 is 0 Å². The molecule has 1 amide bonds. The van der Waals surface area contributed by atoms with E-state index in [2.05, 4.69) is 0 Å². The Hall–Kier alpha value is -1.55. The highest BCUT2D eigenvalue weighted by Crippen LogP contribution is 2.06. The molecule has 0 fully saturated rings. The van der Waals surface area contributed by atoms with Crippen LogP contribution in [0.4, 0.5) is 5.69 Å². The number of rotatable bonds is 3. The molecule has 0 aliphatic heterocycles. The molecule has 4 nitrogen and oxygen atoms in total. The summed E-state index contributed by atoms with van der Waals surface area (Å²) < 4.78 is 0. The number of hydrogen-bond donors (Lipinski definition) is 3. The fourth-order valence-corrected chi connectivity index (χ4v) is 1.01. The van der Waals surface area contributed by atoms with E-state index in [9.17, 15) is 4.79 Å². The number of carbonyl (C=O) groups excluding carboxylic acids is 1. The Morgan fingerprint density at radius 1 is 1.31 bits per heavy atom. The maximum atomic E-state index is 10.6. The largest absolute Gasteiger partial charge is 0.399 e. The highest BCUT2D eigenvalue weighted by atomic mass is 16.1. The Bertz CT molecular complexity index is 294. The van der Waals surface area contributed by atoms with E-state index < -0.39 is 11.9 Å². The minimum absolute atomic E-state index is 0.454. The summed E-state index contributed by atoms with van der Waals surface area (Å²) in [6.07, 6.45) is 0.454. The van der Waals surface area contributed by atoms with Crippen LogP contribution in [0.3, 0.4) is 0 Å². The van der Waals surface area contributed by atoms with Gasteiger partial charge in [0.15, 0.2) is 0 Å². The first-order valence-electron chi connectivity index (χ1n) is 3.99. The second kappa shape index (κ2) is 3.91. The summed E-state index contributed by atoms with van der Waals surface area (Å²) in [5.41, 5.74) is 17.7. The summed E-state index contributed by atoms with van der Waals surface area (Å²) in [6, 6.07) is 6.58. The van der Waals surface area contributed by atoms with Crippen LogP contribution in [-0.2, 0) is 11.2 Å². The quantitative estimate of drug-likeness (QED) is 0.552. The van der Waals surface area contributed by atoms with Crippen molar-refractivity contribution in [2.45, 2.75) is 12.5 Å². The van der Waals surface area contributed by atoms with Gasteiger partial charge in [0.2, 0.25) is 5.91 Å². The number of benzene rings is 1. The van der Waals surface area contributed by atoms with Gasteiger partial charge in [0.1, 0.15) is 0 Å².